The lowest BCUT2D eigenvalue weighted by molar-refractivity contribution is -0.129. The van der Waals surface area contributed by atoms with Crippen molar-refractivity contribution in [2.45, 2.75) is 20.3 Å². The summed E-state index contributed by atoms with van der Waals surface area (Å²) in [5.74, 6) is -1.76. The van der Waals surface area contributed by atoms with Gasteiger partial charge in [-0.3, -0.25) is 31.3 Å². The normalized spacial score (nSPS) is 9.89. The molecule has 2 amide bonds. The zero-order valence-electron chi connectivity index (χ0n) is 14.9. The maximum absolute atomic E-state index is 13.4. The van der Waals surface area contributed by atoms with Crippen LogP contribution in [0.25, 0.3) is 0 Å². The van der Waals surface area contributed by atoms with E-state index in [0.29, 0.717) is 0 Å². The average Bonchev–Trinajstić information content (AvgIpc) is 2.62. The summed E-state index contributed by atoms with van der Waals surface area (Å²) in [6.07, 6.45) is -0.472. The quantitative estimate of drug-likeness (QED) is 0.306. The van der Waals surface area contributed by atoms with Crippen LogP contribution in [0.1, 0.15) is 17.5 Å². The average molecular weight is 389 g/mol. The van der Waals surface area contributed by atoms with Gasteiger partial charge in [-0.15, -0.1) is 0 Å². The number of amides is 2. The topological polar surface area (TPSA) is 94.3 Å². The SMILES string of the molecule is Cc1ccc(NC(=S)NNC(=O)CC(=O)NNc2ccccc2F)cc1C. The Morgan fingerprint density at radius 2 is 1.67 bits per heavy atom. The van der Waals surface area contributed by atoms with E-state index in [9.17, 15) is 14.0 Å². The van der Waals surface area contributed by atoms with E-state index < -0.39 is 24.1 Å². The van der Waals surface area contributed by atoms with E-state index >= 15 is 0 Å². The Bertz CT molecular complexity index is 859. The Morgan fingerprint density at radius 3 is 2.37 bits per heavy atom. The van der Waals surface area contributed by atoms with Crippen LogP contribution in [0.3, 0.4) is 0 Å². The van der Waals surface area contributed by atoms with Crippen LogP contribution in [-0.2, 0) is 9.59 Å². The third-order valence-corrected chi connectivity index (χ3v) is 3.82. The highest BCUT2D eigenvalue weighted by Gasteiger charge is 2.10. The number of halogens is 1. The molecule has 0 radical (unpaired) electrons. The first-order valence-electron chi connectivity index (χ1n) is 8.07. The molecule has 2 aromatic carbocycles. The number of carbonyl (C=O) groups excluding carboxylic acids is 2. The Hall–Kier alpha value is -3.20. The van der Waals surface area contributed by atoms with E-state index in [1.807, 2.05) is 32.0 Å². The largest absolute Gasteiger partial charge is 0.331 e. The number of hydrogen-bond acceptors (Lipinski definition) is 4. The minimum atomic E-state index is -0.634. The number of hydrogen-bond donors (Lipinski definition) is 5. The Balaban J connectivity index is 1.71. The van der Waals surface area contributed by atoms with Crippen LogP contribution >= 0.6 is 12.2 Å². The molecule has 27 heavy (non-hydrogen) atoms. The highest BCUT2D eigenvalue weighted by Crippen LogP contribution is 2.14. The maximum Gasteiger partial charge on any atom is 0.247 e. The van der Waals surface area contributed by atoms with Crippen molar-refractivity contribution in [3.63, 3.8) is 0 Å². The summed E-state index contributed by atoms with van der Waals surface area (Å²) in [7, 11) is 0. The summed E-state index contributed by atoms with van der Waals surface area (Å²) in [6, 6.07) is 11.6. The number of thiocarbonyl (C=S) groups is 1. The molecule has 0 aliphatic rings. The summed E-state index contributed by atoms with van der Waals surface area (Å²) < 4.78 is 13.4. The number of anilines is 2. The summed E-state index contributed by atoms with van der Waals surface area (Å²) >= 11 is 5.08. The molecule has 142 valence electrons. The first-order chi connectivity index (χ1) is 12.8. The molecule has 0 saturated heterocycles. The van der Waals surface area contributed by atoms with Crippen LogP contribution in [-0.4, -0.2) is 16.9 Å². The molecule has 7 nitrogen and oxygen atoms in total. The number of carbonyl (C=O) groups is 2. The van der Waals surface area contributed by atoms with Crippen molar-refractivity contribution >= 4 is 40.5 Å². The van der Waals surface area contributed by atoms with Gasteiger partial charge < -0.3 is 5.32 Å². The Labute approximate surface area is 161 Å². The van der Waals surface area contributed by atoms with Crippen molar-refractivity contribution in [3.05, 3.63) is 59.4 Å². The van der Waals surface area contributed by atoms with Gasteiger partial charge in [0, 0.05) is 5.69 Å². The van der Waals surface area contributed by atoms with Crippen LogP contribution in [0.4, 0.5) is 15.8 Å². The molecule has 9 heteroatoms. The standard InChI is InChI=1S/C18H20FN5O2S/c1-11-7-8-13(9-12(11)2)20-18(27)24-23-17(26)10-16(25)22-21-15-6-4-3-5-14(15)19/h3-9,21H,10H2,1-2H3,(H,22,25)(H,23,26)(H2,20,24,27). The third kappa shape index (κ3) is 6.55. The lowest BCUT2D eigenvalue weighted by Crippen LogP contribution is -2.45. The molecule has 0 atom stereocenters. The first kappa shape index (κ1) is 20.1. The molecule has 0 aromatic heterocycles. The second kappa shape index (κ2) is 9.48. The van der Waals surface area contributed by atoms with Crippen molar-refractivity contribution in [2.24, 2.45) is 0 Å². The van der Waals surface area contributed by atoms with Crippen LogP contribution in [0, 0.1) is 19.7 Å². The first-order valence-corrected chi connectivity index (χ1v) is 8.48. The summed E-state index contributed by atoms with van der Waals surface area (Å²) in [4.78, 5) is 23.5. The van der Waals surface area contributed by atoms with Crippen molar-refractivity contribution in [2.75, 3.05) is 10.7 Å². The molecule has 0 bridgehead atoms. The lowest BCUT2D eigenvalue weighted by atomic mass is 10.1. The van der Waals surface area contributed by atoms with E-state index in [4.69, 9.17) is 12.2 Å². The fraction of sp³-hybridized carbons (Fsp3) is 0.167. The number of benzene rings is 2. The van der Waals surface area contributed by atoms with E-state index in [-0.39, 0.29) is 10.8 Å². The van der Waals surface area contributed by atoms with Gasteiger partial charge in [0.25, 0.3) is 0 Å². The van der Waals surface area contributed by atoms with Crippen LogP contribution in [0.15, 0.2) is 42.5 Å². The number of para-hydroxylation sites is 1. The molecule has 2 rings (SSSR count). The highest BCUT2D eigenvalue weighted by atomic mass is 32.1. The molecule has 0 aliphatic heterocycles. The molecular formula is C18H20FN5O2S. The number of aryl methyl sites for hydroxylation is 2. The van der Waals surface area contributed by atoms with Gasteiger partial charge in [0.2, 0.25) is 11.8 Å². The third-order valence-electron chi connectivity index (χ3n) is 3.61. The minimum Gasteiger partial charge on any atom is -0.331 e. The van der Waals surface area contributed by atoms with Crippen LogP contribution in [0.5, 0.6) is 0 Å². The van der Waals surface area contributed by atoms with E-state index in [0.717, 1.165) is 16.8 Å². The van der Waals surface area contributed by atoms with Crippen LogP contribution in [0.2, 0.25) is 0 Å². The summed E-state index contributed by atoms with van der Waals surface area (Å²) in [5.41, 5.74) is 12.6. The van der Waals surface area contributed by atoms with Gasteiger partial charge in [-0.05, 0) is 61.5 Å². The fourth-order valence-corrected chi connectivity index (χ4v) is 2.21. The maximum atomic E-state index is 13.4. The van der Waals surface area contributed by atoms with Crippen molar-refractivity contribution in [3.8, 4) is 0 Å². The molecule has 2 aromatic rings. The zero-order chi connectivity index (χ0) is 19.8. The zero-order valence-corrected chi connectivity index (χ0v) is 15.7. The number of hydrazine groups is 2. The van der Waals surface area contributed by atoms with Gasteiger partial charge in [-0.1, -0.05) is 18.2 Å². The molecule has 0 fully saturated rings. The van der Waals surface area contributed by atoms with Gasteiger partial charge in [0.1, 0.15) is 12.2 Å². The Kier molecular flexibility index (Phi) is 7.07. The molecule has 0 saturated carbocycles. The molecule has 0 aliphatic carbocycles. The van der Waals surface area contributed by atoms with Gasteiger partial charge in [-0.25, -0.2) is 4.39 Å². The van der Waals surface area contributed by atoms with E-state index in [2.05, 4.69) is 27.0 Å². The van der Waals surface area contributed by atoms with Crippen molar-refractivity contribution in [1.82, 2.24) is 16.3 Å². The summed E-state index contributed by atoms with van der Waals surface area (Å²) in [6.45, 7) is 3.98. The molecule has 0 spiro atoms. The second-order valence-corrected chi connectivity index (χ2v) is 6.16. The summed E-state index contributed by atoms with van der Waals surface area (Å²) in [5, 5.41) is 3.10. The minimum absolute atomic E-state index is 0.100. The Morgan fingerprint density at radius 1 is 0.963 bits per heavy atom. The smallest absolute Gasteiger partial charge is 0.247 e. The fourth-order valence-electron chi connectivity index (χ4n) is 2.04. The number of nitrogens with one attached hydrogen (secondary N) is 5. The second-order valence-electron chi connectivity index (χ2n) is 5.76. The molecule has 0 unspecified atom stereocenters. The predicted molar refractivity (Wildman–Crippen MR) is 106 cm³/mol. The van der Waals surface area contributed by atoms with E-state index in [1.165, 1.54) is 18.2 Å². The van der Waals surface area contributed by atoms with E-state index in [1.54, 1.807) is 6.07 Å². The monoisotopic (exact) mass is 389 g/mol. The van der Waals surface area contributed by atoms with Gasteiger partial charge in [-0.2, -0.15) is 0 Å². The van der Waals surface area contributed by atoms with Gasteiger partial charge in [0.05, 0.1) is 5.69 Å². The highest BCUT2D eigenvalue weighted by molar-refractivity contribution is 7.80. The number of rotatable bonds is 5. The molecule has 5 N–H and O–H groups in total. The van der Waals surface area contributed by atoms with Crippen LogP contribution < -0.4 is 27.0 Å². The van der Waals surface area contributed by atoms with Crippen molar-refractivity contribution in [1.29, 1.82) is 0 Å². The molecule has 0 heterocycles. The van der Waals surface area contributed by atoms with Gasteiger partial charge >= 0.3 is 0 Å². The van der Waals surface area contributed by atoms with Gasteiger partial charge in [0.15, 0.2) is 5.11 Å². The van der Waals surface area contributed by atoms with Crippen molar-refractivity contribution < 1.29 is 14.0 Å². The predicted octanol–water partition coefficient (Wildman–Crippen LogP) is 2.29. The lowest BCUT2D eigenvalue weighted by Gasteiger charge is -2.13. The molecular weight excluding hydrogens is 369 g/mol.